The summed E-state index contributed by atoms with van der Waals surface area (Å²) in [6.07, 6.45) is 3.65. The number of halogens is 3. The van der Waals surface area contributed by atoms with Gasteiger partial charge in [-0.3, -0.25) is 29.8 Å². The number of nitro benzene ring substituents is 2. The summed E-state index contributed by atoms with van der Waals surface area (Å²) in [5, 5.41) is 54.9. The second-order valence-electron chi connectivity index (χ2n) is 30.3. The average Bonchev–Trinajstić information content (AvgIpc) is 1.55. The highest BCUT2D eigenvalue weighted by Gasteiger charge is 2.24. The predicted octanol–water partition coefficient (Wildman–Crippen LogP) is 27.8. The Hall–Kier alpha value is -15.2. The first-order valence-corrected chi connectivity index (χ1v) is 43.5. The number of nitrogens with zero attached hydrogens (tertiary/aromatic N) is 9. The van der Waals surface area contributed by atoms with Crippen molar-refractivity contribution in [3.05, 3.63) is 452 Å². The van der Waals surface area contributed by atoms with E-state index in [1.807, 2.05) is 116 Å². The molecular formula is C107H74BBr3N10O6. The number of hydrogen-bond donors (Lipinski definition) is 3. The number of hydrogen-bond acceptors (Lipinski definition) is 8. The molecule has 8 aromatic heterocycles. The number of aromatic nitrogens is 8. The van der Waals surface area contributed by atoms with E-state index in [9.17, 15) is 30.3 Å². The first kappa shape index (κ1) is 81.5. The van der Waals surface area contributed by atoms with Crippen LogP contribution < -0.4 is 5.46 Å². The largest absolute Gasteiger partial charge is 0.488 e. The zero-order valence-corrected chi connectivity index (χ0v) is 72.8. The molecule has 0 bridgehead atoms. The van der Waals surface area contributed by atoms with Crippen LogP contribution in [0.5, 0.6) is 0 Å². The number of nitro groups is 2. The molecule has 612 valence electrons. The van der Waals surface area contributed by atoms with Crippen LogP contribution in [0.3, 0.4) is 0 Å². The highest BCUT2D eigenvalue weighted by molar-refractivity contribution is 9.11. The highest BCUT2D eigenvalue weighted by atomic mass is 79.9. The molecule has 16 nitrogen and oxygen atoms in total. The van der Waals surface area contributed by atoms with Gasteiger partial charge in [0.05, 0.1) is 80.6 Å². The van der Waals surface area contributed by atoms with Crippen LogP contribution in [0.25, 0.3) is 171 Å². The van der Waals surface area contributed by atoms with Gasteiger partial charge in [0.1, 0.15) is 5.82 Å². The van der Waals surface area contributed by atoms with Crippen molar-refractivity contribution in [2.45, 2.75) is 6.92 Å². The number of nitrogens with one attached hydrogen (secondary N) is 1. The quantitative estimate of drug-likeness (QED) is 0.0722. The van der Waals surface area contributed by atoms with Gasteiger partial charge in [-0.1, -0.05) is 237 Å². The van der Waals surface area contributed by atoms with E-state index in [2.05, 4.69) is 329 Å². The number of fused-ring (bicyclic) bond motifs is 20. The monoisotopic (exact) mass is 1840 g/mol. The Kier molecular flexibility index (Phi) is 22.8. The van der Waals surface area contributed by atoms with Crippen molar-refractivity contribution >= 4 is 203 Å². The standard InChI is InChI=1S/C29H18BrN3.C24H16N2O2.C24H16N2.C18H14BNO2.C6H4BrNO2.C6H6BrN/c30-19-14-17-27(31-18-19)33-24-12-6-4-10-21(24)22-15-16-26-28(29(22)33)23-11-5-7-13-25(23)32(26)20-8-2-1-3-9-20;27-26(28)24-13-7-4-10-19(24)17-14-15-23-21(16-17)20-11-5-6-12-22(20)25(23)18-8-2-1-3-9-18;1-2-8-16(9-3-1)26-21-13-7-5-11-19(21)23-22(26)15-14-18-17-10-4-6-12-20(17)25-24(18)23;21-19(22)13-10-11-18-16(12-13)15-8-4-5-9-17(15)20(18)14-6-2-1-3-7-14;7-5-3-1-2-4-6(5)8(9)10;1-5-2-3-6(7)4-8-5/h1-18H;1-16H;1-15,25H;1-12,21-22H;1-4H;2-4H,1H3. The fourth-order valence-electron chi connectivity index (χ4n) is 17.3. The number of benzene rings is 16. The lowest BCUT2D eigenvalue weighted by molar-refractivity contribution is -0.385. The van der Waals surface area contributed by atoms with Crippen LogP contribution in [-0.2, 0) is 0 Å². The SMILES string of the molecule is Brc1ccc(-n2c3ccccc3c3ccc4c(c5ccccc5n4-c4ccccc4)c32)nc1.Cc1ccc(Br)cn1.O=[N+]([O-])c1ccccc1-c1ccc2c(c1)c1ccccc1n2-c1ccccc1.O=[N+]([O-])c1ccccc1Br.OB(O)c1ccc2c(c1)c1ccccc1n2-c1ccccc1.c1ccc(-n2c3ccccc3c3c4[nH]c5ccccc5c4ccc32)cc1. The lowest BCUT2D eigenvalue weighted by atomic mass is 9.80. The lowest BCUT2D eigenvalue weighted by Gasteiger charge is -2.09. The first-order valence-electron chi connectivity index (χ1n) is 41.1. The van der Waals surface area contributed by atoms with Gasteiger partial charge in [-0.25, -0.2) is 4.98 Å². The molecule has 20 heteroatoms. The molecular weight excluding hydrogens is 1770 g/mol. The molecule has 0 spiro atoms. The van der Waals surface area contributed by atoms with Crippen LogP contribution in [0.1, 0.15) is 5.69 Å². The Labute approximate surface area is 753 Å². The third-order valence-electron chi connectivity index (χ3n) is 22.8. The van der Waals surface area contributed by atoms with Gasteiger partial charge in [-0.2, -0.15) is 0 Å². The summed E-state index contributed by atoms with van der Waals surface area (Å²) in [5.74, 6) is 0.911. The molecule has 0 amide bonds. The fourth-order valence-corrected chi connectivity index (χ4v) is 18.2. The minimum atomic E-state index is -1.46. The van der Waals surface area contributed by atoms with E-state index < -0.39 is 12.0 Å². The summed E-state index contributed by atoms with van der Waals surface area (Å²) in [6.45, 7) is 1.96. The van der Waals surface area contributed by atoms with Crippen LogP contribution in [0, 0.1) is 27.2 Å². The zero-order chi connectivity index (χ0) is 86.8. The van der Waals surface area contributed by atoms with Crippen molar-refractivity contribution in [2.24, 2.45) is 0 Å². The van der Waals surface area contributed by atoms with E-state index in [-0.39, 0.29) is 16.3 Å². The van der Waals surface area contributed by atoms with E-state index in [0.717, 1.165) is 92.2 Å². The maximum Gasteiger partial charge on any atom is 0.488 e. The van der Waals surface area contributed by atoms with Gasteiger partial charge in [0, 0.05) is 132 Å². The molecule has 0 unspecified atom stereocenters. The molecule has 127 heavy (non-hydrogen) atoms. The molecule has 0 radical (unpaired) electrons. The third kappa shape index (κ3) is 15.7. The topological polar surface area (TPSA) is 193 Å². The molecule has 0 aliphatic heterocycles. The van der Waals surface area contributed by atoms with Crippen LogP contribution in [0.2, 0.25) is 0 Å². The van der Waals surface area contributed by atoms with Crippen LogP contribution in [-0.4, -0.2) is 64.8 Å². The summed E-state index contributed by atoms with van der Waals surface area (Å²) in [6, 6.07) is 134. The minimum Gasteiger partial charge on any atom is -0.423 e. The molecule has 0 fully saturated rings. The summed E-state index contributed by atoms with van der Waals surface area (Å²) >= 11 is 9.87. The molecule has 3 N–H and O–H groups in total. The van der Waals surface area contributed by atoms with E-state index in [1.165, 1.54) is 93.5 Å². The number of aromatic amines is 1. The molecule has 0 atom stereocenters. The molecule has 24 rings (SSSR count). The molecule has 0 aliphatic carbocycles. The van der Waals surface area contributed by atoms with Crippen LogP contribution in [0.4, 0.5) is 11.4 Å². The number of aryl methyl sites for hydroxylation is 1. The lowest BCUT2D eigenvalue weighted by Crippen LogP contribution is -2.29. The third-order valence-corrected chi connectivity index (χ3v) is 24.4. The second kappa shape index (κ2) is 35.6. The van der Waals surface area contributed by atoms with Gasteiger partial charge in [0.15, 0.2) is 0 Å². The minimum absolute atomic E-state index is 0.0995. The Morgan fingerprint density at radius 3 is 1.20 bits per heavy atom. The van der Waals surface area contributed by atoms with Gasteiger partial charge in [0.25, 0.3) is 11.4 Å². The van der Waals surface area contributed by atoms with E-state index in [4.69, 9.17) is 4.98 Å². The second-order valence-corrected chi connectivity index (χ2v) is 33.0. The highest BCUT2D eigenvalue weighted by Crippen LogP contribution is 2.45. The van der Waals surface area contributed by atoms with Gasteiger partial charge in [-0.15, -0.1) is 0 Å². The Morgan fingerprint density at radius 2 is 0.709 bits per heavy atom. The van der Waals surface area contributed by atoms with Crippen molar-refractivity contribution in [3.63, 3.8) is 0 Å². The number of pyridine rings is 2. The first-order chi connectivity index (χ1) is 62.2. The molecule has 24 aromatic rings. The van der Waals surface area contributed by atoms with E-state index in [0.29, 0.717) is 15.5 Å². The fraction of sp³-hybridized carbons (Fsp3) is 0.00935. The number of rotatable bonds is 9. The van der Waals surface area contributed by atoms with Gasteiger partial charge < -0.3 is 33.3 Å². The molecule has 0 aliphatic rings. The zero-order valence-electron chi connectivity index (χ0n) is 68.0. The van der Waals surface area contributed by atoms with Crippen molar-refractivity contribution in [1.82, 2.24) is 37.8 Å². The summed E-state index contributed by atoms with van der Waals surface area (Å²) in [7, 11) is -1.46. The average molecular weight is 1850 g/mol. The van der Waals surface area contributed by atoms with Crippen molar-refractivity contribution in [2.75, 3.05) is 0 Å². The molecule has 0 saturated carbocycles. The molecule has 0 saturated heterocycles. The summed E-state index contributed by atoms with van der Waals surface area (Å²) in [5.41, 5.74) is 21.7. The van der Waals surface area contributed by atoms with Crippen molar-refractivity contribution in [1.29, 1.82) is 0 Å². The molecule has 16 aromatic carbocycles. The van der Waals surface area contributed by atoms with Crippen molar-refractivity contribution < 1.29 is 19.9 Å². The summed E-state index contributed by atoms with van der Waals surface area (Å²) < 4.78 is 14.0. The van der Waals surface area contributed by atoms with Crippen molar-refractivity contribution in [3.8, 4) is 39.7 Å². The maximum atomic E-state index is 11.5. The van der Waals surface area contributed by atoms with Gasteiger partial charge in [-0.05, 0) is 217 Å². The van der Waals surface area contributed by atoms with E-state index in [1.54, 1.807) is 48.7 Å². The number of H-pyrrole nitrogens is 1. The Bertz CT molecular complexity index is 8230. The maximum absolute atomic E-state index is 11.5. The normalized spacial score (nSPS) is 11.2. The van der Waals surface area contributed by atoms with Crippen LogP contribution in [0.15, 0.2) is 426 Å². The smallest absolute Gasteiger partial charge is 0.423 e. The van der Waals surface area contributed by atoms with E-state index >= 15 is 0 Å². The van der Waals surface area contributed by atoms with Crippen LogP contribution >= 0.6 is 47.8 Å². The van der Waals surface area contributed by atoms with Gasteiger partial charge in [0.2, 0.25) is 0 Å². The Balaban J connectivity index is 0.000000104. The predicted molar refractivity (Wildman–Crippen MR) is 532 cm³/mol. The molecule has 8 heterocycles. The summed E-state index contributed by atoms with van der Waals surface area (Å²) in [4.78, 5) is 33.4. The van der Waals surface area contributed by atoms with Gasteiger partial charge >= 0.3 is 7.12 Å². The number of para-hydroxylation sites is 12. The Morgan fingerprint density at radius 1 is 0.323 bits per heavy atom.